The second-order valence-corrected chi connectivity index (χ2v) is 9.81. The SMILES string of the molecule is CC(=O)N[C@@H]1[C@@H](O[C@@H]2O[C@H](CO)[C@H](O[C@@H]3O[C@H](CO)[C@@H](O)[C@H](O)[C@H]3NC(C)=O)[C@H](O)[C@H]2O)[C@@H](O)[C@@H](CO)O[C@@H]1O. The number of carbonyl (C=O) groups excluding carboxylic acids is 2. The predicted octanol–water partition coefficient (Wildman–Crippen LogP) is -7.29. The van der Waals surface area contributed by atoms with Gasteiger partial charge in [-0.2, -0.15) is 0 Å². The lowest BCUT2D eigenvalue weighted by Crippen LogP contribution is -2.69. The molecule has 3 fully saturated rings. The van der Waals surface area contributed by atoms with E-state index < -0.39 is 124 Å². The summed E-state index contributed by atoms with van der Waals surface area (Å²) in [6.07, 6.45) is -21.2. The number of ether oxygens (including phenoxy) is 5. The van der Waals surface area contributed by atoms with Gasteiger partial charge in [-0.25, -0.2) is 0 Å². The van der Waals surface area contributed by atoms with Gasteiger partial charge in [0.25, 0.3) is 0 Å². The molecule has 18 nitrogen and oxygen atoms in total. The number of aliphatic hydroxyl groups excluding tert-OH is 9. The molecular weight excluding hydrogens is 548 g/mol. The van der Waals surface area contributed by atoms with Crippen molar-refractivity contribution in [3.63, 3.8) is 0 Å². The van der Waals surface area contributed by atoms with E-state index in [-0.39, 0.29) is 0 Å². The minimum absolute atomic E-state index is 0.641. The maximum absolute atomic E-state index is 11.7. The zero-order valence-electron chi connectivity index (χ0n) is 21.7. The van der Waals surface area contributed by atoms with Crippen LogP contribution in [0.2, 0.25) is 0 Å². The number of nitrogens with one attached hydrogen (secondary N) is 2. The van der Waals surface area contributed by atoms with Crippen LogP contribution in [-0.2, 0) is 33.3 Å². The molecule has 0 unspecified atom stereocenters. The van der Waals surface area contributed by atoms with E-state index in [0.717, 1.165) is 13.8 Å². The van der Waals surface area contributed by atoms with Crippen LogP contribution in [0.1, 0.15) is 13.8 Å². The summed E-state index contributed by atoms with van der Waals surface area (Å²) in [5, 5.41) is 96.9. The Kier molecular flexibility index (Phi) is 11.5. The number of rotatable bonds is 9. The van der Waals surface area contributed by atoms with E-state index in [9.17, 15) is 55.5 Å². The molecule has 0 radical (unpaired) electrons. The van der Waals surface area contributed by atoms with Crippen LogP contribution in [0.4, 0.5) is 0 Å². The summed E-state index contributed by atoms with van der Waals surface area (Å²) < 4.78 is 27.5. The first-order valence-electron chi connectivity index (χ1n) is 12.6. The van der Waals surface area contributed by atoms with Crippen molar-refractivity contribution in [2.75, 3.05) is 19.8 Å². The van der Waals surface area contributed by atoms with Crippen LogP contribution in [0.3, 0.4) is 0 Å². The fraction of sp³-hybridized carbons (Fsp3) is 0.909. The smallest absolute Gasteiger partial charge is 0.217 e. The fourth-order valence-corrected chi connectivity index (χ4v) is 4.86. The van der Waals surface area contributed by atoms with Crippen LogP contribution < -0.4 is 10.6 Å². The summed E-state index contributed by atoms with van der Waals surface area (Å²) in [5.74, 6) is -1.28. The van der Waals surface area contributed by atoms with Crippen LogP contribution in [0.15, 0.2) is 0 Å². The molecule has 3 saturated heterocycles. The van der Waals surface area contributed by atoms with E-state index in [1.54, 1.807) is 0 Å². The Labute approximate surface area is 228 Å². The zero-order chi connectivity index (χ0) is 29.9. The van der Waals surface area contributed by atoms with Crippen molar-refractivity contribution in [1.82, 2.24) is 10.6 Å². The fourth-order valence-electron chi connectivity index (χ4n) is 4.86. The van der Waals surface area contributed by atoms with Crippen molar-refractivity contribution in [2.24, 2.45) is 0 Å². The van der Waals surface area contributed by atoms with Crippen molar-refractivity contribution in [3.05, 3.63) is 0 Å². The van der Waals surface area contributed by atoms with Gasteiger partial charge in [0.15, 0.2) is 18.9 Å². The molecule has 0 aromatic carbocycles. The molecular formula is C22H38N2O16. The van der Waals surface area contributed by atoms with Gasteiger partial charge in [0.1, 0.15) is 73.1 Å². The molecule has 3 aliphatic rings. The zero-order valence-corrected chi connectivity index (χ0v) is 21.7. The van der Waals surface area contributed by atoms with Crippen LogP contribution in [0, 0.1) is 0 Å². The minimum Gasteiger partial charge on any atom is -0.394 e. The quantitative estimate of drug-likeness (QED) is 0.120. The highest BCUT2D eigenvalue weighted by Gasteiger charge is 2.54. The summed E-state index contributed by atoms with van der Waals surface area (Å²) in [6.45, 7) is -0.101. The lowest BCUT2D eigenvalue weighted by atomic mass is 9.94. The summed E-state index contributed by atoms with van der Waals surface area (Å²) in [4.78, 5) is 23.3. The highest BCUT2D eigenvalue weighted by molar-refractivity contribution is 5.73. The summed E-state index contributed by atoms with van der Waals surface area (Å²) in [5.41, 5.74) is 0. The Hall–Kier alpha value is -1.62. The maximum atomic E-state index is 11.7. The van der Waals surface area contributed by atoms with Crippen molar-refractivity contribution >= 4 is 11.8 Å². The topological polar surface area (TPSA) is 286 Å². The second kappa shape index (κ2) is 14.0. The van der Waals surface area contributed by atoms with Crippen molar-refractivity contribution in [1.29, 1.82) is 0 Å². The summed E-state index contributed by atoms with van der Waals surface area (Å²) in [7, 11) is 0. The van der Waals surface area contributed by atoms with Crippen molar-refractivity contribution < 1.29 is 79.2 Å². The van der Waals surface area contributed by atoms with Crippen LogP contribution >= 0.6 is 0 Å². The summed E-state index contributed by atoms with van der Waals surface area (Å²) in [6, 6.07) is -2.80. The molecule has 3 rings (SSSR count). The van der Waals surface area contributed by atoms with E-state index in [0.29, 0.717) is 0 Å². The molecule has 0 aliphatic carbocycles. The largest absolute Gasteiger partial charge is 0.394 e. The van der Waals surface area contributed by atoms with Gasteiger partial charge in [-0.3, -0.25) is 9.59 Å². The maximum Gasteiger partial charge on any atom is 0.217 e. The Bertz CT molecular complexity index is 852. The van der Waals surface area contributed by atoms with E-state index in [2.05, 4.69) is 10.6 Å². The Morgan fingerprint density at radius 3 is 1.65 bits per heavy atom. The number of aliphatic hydroxyl groups is 9. The molecule has 11 N–H and O–H groups in total. The number of carbonyl (C=O) groups is 2. The molecule has 0 aromatic heterocycles. The molecule has 0 bridgehead atoms. The van der Waals surface area contributed by atoms with E-state index >= 15 is 0 Å². The van der Waals surface area contributed by atoms with Crippen molar-refractivity contribution in [3.8, 4) is 0 Å². The lowest BCUT2D eigenvalue weighted by Gasteiger charge is -2.49. The minimum atomic E-state index is -1.95. The van der Waals surface area contributed by atoms with Gasteiger partial charge in [-0.15, -0.1) is 0 Å². The van der Waals surface area contributed by atoms with E-state index in [4.69, 9.17) is 23.7 Å². The van der Waals surface area contributed by atoms with E-state index in [1.807, 2.05) is 0 Å². The van der Waals surface area contributed by atoms with Crippen LogP contribution in [0.5, 0.6) is 0 Å². The third kappa shape index (κ3) is 7.05. The summed E-state index contributed by atoms with van der Waals surface area (Å²) >= 11 is 0. The van der Waals surface area contributed by atoms with Gasteiger partial charge in [-0.1, -0.05) is 0 Å². The monoisotopic (exact) mass is 586 g/mol. The van der Waals surface area contributed by atoms with Gasteiger partial charge >= 0.3 is 0 Å². The van der Waals surface area contributed by atoms with Gasteiger partial charge in [0.05, 0.1) is 19.8 Å². The highest BCUT2D eigenvalue weighted by atomic mass is 16.7. The Balaban J connectivity index is 1.81. The van der Waals surface area contributed by atoms with Gasteiger partial charge in [-0.05, 0) is 0 Å². The molecule has 3 heterocycles. The average molecular weight is 587 g/mol. The number of hydrogen-bond acceptors (Lipinski definition) is 16. The number of amides is 2. The molecule has 0 aromatic rings. The second-order valence-electron chi connectivity index (χ2n) is 9.81. The van der Waals surface area contributed by atoms with E-state index in [1.165, 1.54) is 0 Å². The molecule has 0 saturated carbocycles. The van der Waals surface area contributed by atoms with Crippen LogP contribution in [0.25, 0.3) is 0 Å². The molecule has 0 spiro atoms. The Morgan fingerprint density at radius 2 is 1.10 bits per heavy atom. The molecule has 18 heteroatoms. The standard InChI is InChI=1S/C22H38N2O16/c1-6(28)23-11-15(32)13(30)8(3-25)37-21(11)39-18-10(5-27)38-22(17(34)16(18)33)40-19-12(24-7(2)29)20(35)36-9(4-26)14(19)31/h8-22,25-27,30-35H,3-5H2,1-2H3,(H,23,28)(H,24,29)/t8-,9-,10-,11-,12-,13-,14+,15-,16-,17-,18+,19-,20+,21+,22+/m1/s1. The third-order valence-electron chi connectivity index (χ3n) is 6.90. The highest BCUT2D eigenvalue weighted by Crippen LogP contribution is 2.32. The number of hydrogen-bond donors (Lipinski definition) is 11. The van der Waals surface area contributed by atoms with Crippen LogP contribution in [-0.4, -0.2) is 170 Å². The van der Waals surface area contributed by atoms with Gasteiger partial charge in [0, 0.05) is 13.8 Å². The third-order valence-corrected chi connectivity index (χ3v) is 6.90. The normalized spacial score (nSPS) is 46.0. The predicted molar refractivity (Wildman–Crippen MR) is 124 cm³/mol. The van der Waals surface area contributed by atoms with Crippen molar-refractivity contribution in [2.45, 2.75) is 106 Å². The Morgan fingerprint density at radius 1 is 0.600 bits per heavy atom. The first kappa shape index (κ1) is 32.9. The molecule has 15 atom stereocenters. The lowest BCUT2D eigenvalue weighted by molar-refractivity contribution is -0.364. The van der Waals surface area contributed by atoms with Gasteiger partial charge in [0.2, 0.25) is 11.8 Å². The first-order valence-corrected chi connectivity index (χ1v) is 12.6. The first-order chi connectivity index (χ1) is 18.8. The average Bonchev–Trinajstić information content (AvgIpc) is 2.90. The molecule has 232 valence electrons. The molecule has 40 heavy (non-hydrogen) atoms. The van der Waals surface area contributed by atoms with Gasteiger partial charge < -0.3 is 80.3 Å². The molecule has 3 aliphatic heterocycles. The molecule has 2 amide bonds.